The highest BCUT2D eigenvalue weighted by molar-refractivity contribution is 5.87. The van der Waals surface area contributed by atoms with Gasteiger partial charge in [-0.1, -0.05) is 12.1 Å². The smallest absolute Gasteiger partial charge is 0.335 e. The van der Waals surface area contributed by atoms with Gasteiger partial charge in [0.2, 0.25) is 5.91 Å². The van der Waals surface area contributed by atoms with Gasteiger partial charge in [-0.05, 0) is 48.3 Å². The number of amides is 1. The maximum Gasteiger partial charge on any atom is 0.335 e. The predicted molar refractivity (Wildman–Crippen MR) is 72.3 cm³/mol. The van der Waals surface area contributed by atoms with Gasteiger partial charge in [-0.2, -0.15) is 0 Å². The van der Waals surface area contributed by atoms with Crippen LogP contribution in [0.1, 0.15) is 28.8 Å². The van der Waals surface area contributed by atoms with E-state index >= 15 is 0 Å². The predicted octanol–water partition coefficient (Wildman–Crippen LogP) is 1.79. The van der Waals surface area contributed by atoms with Crippen LogP contribution in [0, 0.1) is 17.8 Å². The molecule has 2 aliphatic carbocycles. The second kappa shape index (κ2) is 4.08. The number of rotatable bonds is 3. The van der Waals surface area contributed by atoms with E-state index in [4.69, 9.17) is 5.11 Å². The summed E-state index contributed by atoms with van der Waals surface area (Å²) in [7, 11) is 0. The number of hydrogen-bond acceptors (Lipinski definition) is 2. The van der Waals surface area contributed by atoms with Crippen LogP contribution in [0.25, 0.3) is 0 Å². The van der Waals surface area contributed by atoms with Crippen LogP contribution < -0.4 is 0 Å². The number of piperidine rings is 1. The molecule has 1 amide bonds. The summed E-state index contributed by atoms with van der Waals surface area (Å²) in [5.41, 5.74) is 1.16. The highest BCUT2D eigenvalue weighted by Gasteiger charge is 2.61. The van der Waals surface area contributed by atoms with Crippen molar-refractivity contribution < 1.29 is 14.7 Å². The molecule has 2 saturated carbocycles. The summed E-state index contributed by atoms with van der Waals surface area (Å²) in [6, 6.07) is 7.12. The summed E-state index contributed by atoms with van der Waals surface area (Å²) in [5, 5.41) is 8.86. The Balaban J connectivity index is 1.44. The first-order valence-corrected chi connectivity index (χ1v) is 7.25. The first kappa shape index (κ1) is 11.9. The zero-order valence-electron chi connectivity index (χ0n) is 11.2. The molecular weight excluding hydrogens is 254 g/mol. The summed E-state index contributed by atoms with van der Waals surface area (Å²) >= 11 is 0. The summed E-state index contributed by atoms with van der Waals surface area (Å²) in [6.07, 6.45) is 2.92. The molecule has 1 saturated heterocycles. The maximum absolute atomic E-state index is 12.4. The third kappa shape index (κ3) is 1.74. The Labute approximate surface area is 117 Å². The number of benzene rings is 1. The van der Waals surface area contributed by atoms with Gasteiger partial charge in [0.25, 0.3) is 0 Å². The van der Waals surface area contributed by atoms with Crippen molar-refractivity contribution >= 4 is 11.9 Å². The lowest BCUT2D eigenvalue weighted by atomic mass is 10.1. The summed E-state index contributed by atoms with van der Waals surface area (Å²) < 4.78 is 0. The zero-order chi connectivity index (χ0) is 13.9. The third-order valence-electron chi connectivity index (χ3n) is 5.24. The number of hydrogen-bond donors (Lipinski definition) is 1. The summed E-state index contributed by atoms with van der Waals surface area (Å²) in [6.45, 7) is 0.942. The fraction of sp³-hybridized carbons (Fsp3) is 0.500. The number of nitrogens with zero attached hydrogens (tertiary/aromatic N) is 1. The van der Waals surface area contributed by atoms with Gasteiger partial charge in [0.05, 0.1) is 12.0 Å². The molecular formula is C16H17NO3. The molecule has 4 atom stereocenters. The average Bonchev–Trinajstić information content (AvgIpc) is 3.04. The molecule has 0 spiro atoms. The molecule has 0 unspecified atom stereocenters. The largest absolute Gasteiger partial charge is 0.478 e. The van der Waals surface area contributed by atoms with E-state index in [0.29, 0.717) is 12.5 Å². The normalized spacial score (nSPS) is 33.1. The van der Waals surface area contributed by atoms with Gasteiger partial charge in [0, 0.05) is 12.6 Å². The van der Waals surface area contributed by atoms with Crippen molar-refractivity contribution in [2.24, 2.45) is 17.8 Å². The molecule has 3 fully saturated rings. The lowest BCUT2D eigenvalue weighted by Gasteiger charge is -2.27. The Bertz CT molecular complexity index is 580. The molecule has 104 valence electrons. The number of aromatic carboxylic acids is 1. The molecule has 4 heteroatoms. The van der Waals surface area contributed by atoms with Crippen molar-refractivity contribution in [1.29, 1.82) is 0 Å². The summed E-state index contributed by atoms with van der Waals surface area (Å²) in [4.78, 5) is 25.3. The molecule has 0 radical (unpaired) electrons. The quantitative estimate of drug-likeness (QED) is 0.912. The zero-order valence-corrected chi connectivity index (χ0v) is 11.2. The fourth-order valence-corrected chi connectivity index (χ4v) is 4.16. The number of carboxylic acid groups (broad SMARTS) is 1. The van der Waals surface area contributed by atoms with Gasteiger partial charge in [0.1, 0.15) is 0 Å². The molecule has 1 heterocycles. The molecule has 1 aliphatic heterocycles. The van der Waals surface area contributed by atoms with Crippen LogP contribution in [0.5, 0.6) is 0 Å². The van der Waals surface area contributed by atoms with Gasteiger partial charge in [0.15, 0.2) is 0 Å². The minimum absolute atomic E-state index is 0.200. The van der Waals surface area contributed by atoms with Crippen LogP contribution in [0.4, 0.5) is 0 Å². The maximum atomic E-state index is 12.4. The molecule has 3 aliphatic rings. The second-order valence-corrected chi connectivity index (χ2v) is 6.35. The Morgan fingerprint density at radius 2 is 1.90 bits per heavy atom. The van der Waals surface area contributed by atoms with Gasteiger partial charge >= 0.3 is 5.97 Å². The minimum atomic E-state index is -0.931. The highest BCUT2D eigenvalue weighted by Crippen LogP contribution is 2.61. The van der Waals surface area contributed by atoms with Gasteiger partial charge < -0.3 is 10.0 Å². The Morgan fingerprint density at radius 3 is 2.50 bits per heavy atom. The number of fused-ring (bicyclic) bond motifs is 5. The lowest BCUT2D eigenvalue weighted by molar-refractivity contribution is -0.132. The van der Waals surface area contributed by atoms with Crippen molar-refractivity contribution in [3.63, 3.8) is 0 Å². The fourth-order valence-electron chi connectivity index (χ4n) is 4.16. The molecule has 2 bridgehead atoms. The van der Waals surface area contributed by atoms with E-state index in [1.807, 2.05) is 0 Å². The molecule has 1 aromatic carbocycles. The van der Waals surface area contributed by atoms with Crippen LogP contribution >= 0.6 is 0 Å². The molecule has 4 rings (SSSR count). The van der Waals surface area contributed by atoms with Crippen LogP contribution in [-0.2, 0) is 11.2 Å². The van der Waals surface area contributed by atoms with Gasteiger partial charge in [-0.15, -0.1) is 0 Å². The number of likely N-dealkylation sites (tertiary alicyclic amines) is 1. The van der Waals surface area contributed by atoms with E-state index in [-0.39, 0.29) is 11.5 Å². The summed E-state index contributed by atoms with van der Waals surface area (Å²) in [5.74, 6) is 1.72. The Hall–Kier alpha value is -1.84. The van der Waals surface area contributed by atoms with E-state index in [2.05, 4.69) is 4.90 Å². The van der Waals surface area contributed by atoms with Crippen LogP contribution in [0.3, 0.4) is 0 Å². The van der Waals surface area contributed by atoms with Crippen LogP contribution in [0.15, 0.2) is 24.3 Å². The van der Waals surface area contributed by atoms with Crippen molar-refractivity contribution in [2.75, 3.05) is 6.54 Å². The standard InChI is InChI=1S/C16H17NO3/c18-15(5-9-1-3-10(4-2-9)16(19)20)17-8-11-6-14(17)13-7-12(11)13/h1-4,11-14H,5-8H2,(H,19,20)/t11-,12-,13-,14-/m0/s1. The highest BCUT2D eigenvalue weighted by atomic mass is 16.4. The van der Waals surface area contributed by atoms with E-state index in [1.165, 1.54) is 12.8 Å². The lowest BCUT2D eigenvalue weighted by Crippen LogP contribution is -2.40. The van der Waals surface area contributed by atoms with Crippen LogP contribution in [0.2, 0.25) is 0 Å². The first-order valence-electron chi connectivity index (χ1n) is 7.25. The number of carbonyl (C=O) groups is 2. The molecule has 20 heavy (non-hydrogen) atoms. The molecule has 4 nitrogen and oxygen atoms in total. The van der Waals surface area contributed by atoms with Crippen molar-refractivity contribution in [3.05, 3.63) is 35.4 Å². The van der Waals surface area contributed by atoms with Crippen molar-refractivity contribution in [3.8, 4) is 0 Å². The third-order valence-corrected chi connectivity index (χ3v) is 5.24. The van der Waals surface area contributed by atoms with Crippen molar-refractivity contribution in [1.82, 2.24) is 4.90 Å². The van der Waals surface area contributed by atoms with Crippen LogP contribution in [-0.4, -0.2) is 34.5 Å². The molecule has 0 aromatic heterocycles. The van der Waals surface area contributed by atoms with Gasteiger partial charge in [-0.3, -0.25) is 4.79 Å². The molecule has 1 N–H and O–H groups in total. The SMILES string of the molecule is O=C(O)c1ccc(CC(=O)N2C[C@@H]3C[C@H]2[C@H]2C[C@@H]32)cc1. The van der Waals surface area contributed by atoms with E-state index in [1.54, 1.807) is 24.3 Å². The van der Waals surface area contributed by atoms with Crippen molar-refractivity contribution in [2.45, 2.75) is 25.3 Å². The molecule has 1 aromatic rings. The monoisotopic (exact) mass is 271 g/mol. The van der Waals surface area contributed by atoms with E-state index in [9.17, 15) is 9.59 Å². The average molecular weight is 271 g/mol. The minimum Gasteiger partial charge on any atom is -0.478 e. The van der Waals surface area contributed by atoms with E-state index < -0.39 is 5.97 Å². The van der Waals surface area contributed by atoms with E-state index in [0.717, 1.165) is 29.9 Å². The number of carbonyl (C=O) groups excluding carboxylic acids is 1. The second-order valence-electron chi connectivity index (χ2n) is 6.35. The van der Waals surface area contributed by atoms with Gasteiger partial charge in [-0.25, -0.2) is 4.79 Å². The topological polar surface area (TPSA) is 57.6 Å². The Kier molecular flexibility index (Phi) is 2.43. The Morgan fingerprint density at radius 1 is 1.15 bits per heavy atom. The first-order chi connectivity index (χ1) is 9.63. The number of carboxylic acids is 1.